The van der Waals surface area contributed by atoms with Gasteiger partial charge in [-0.25, -0.2) is 18.4 Å². The molecule has 1 N–H and O–H groups in total. The van der Waals surface area contributed by atoms with Crippen LogP contribution in [0.3, 0.4) is 0 Å². The number of benzene rings is 1. The molecule has 0 bridgehead atoms. The molecule has 0 spiro atoms. The molecule has 4 rings (SSSR count). The van der Waals surface area contributed by atoms with Gasteiger partial charge in [0.1, 0.15) is 34.6 Å². The zero-order valence-electron chi connectivity index (χ0n) is 23.4. The van der Waals surface area contributed by atoms with E-state index in [9.17, 15) is 8.42 Å². The molecule has 14 heteroatoms. The van der Waals surface area contributed by atoms with Crippen LogP contribution < -0.4 is 14.2 Å². The number of ether oxygens (including phenoxy) is 4. The van der Waals surface area contributed by atoms with Crippen molar-refractivity contribution in [2.24, 2.45) is 0 Å². The predicted molar refractivity (Wildman–Crippen MR) is 150 cm³/mol. The van der Waals surface area contributed by atoms with E-state index < -0.39 is 27.5 Å². The lowest BCUT2D eigenvalue weighted by Gasteiger charge is -2.24. The van der Waals surface area contributed by atoms with E-state index in [2.05, 4.69) is 24.9 Å². The van der Waals surface area contributed by atoms with Crippen molar-refractivity contribution in [2.45, 2.75) is 70.0 Å². The molecule has 1 aromatic carbocycles. The van der Waals surface area contributed by atoms with E-state index in [0.717, 1.165) is 6.42 Å². The number of nitrogens with zero attached hydrogens (tertiary/aromatic N) is 5. The summed E-state index contributed by atoms with van der Waals surface area (Å²) < 4.78 is 55.3. The maximum atomic E-state index is 13.8. The first-order valence-corrected chi connectivity index (χ1v) is 14.9. The Hall–Kier alpha value is -3.00. The molecule has 3 heterocycles. The monoisotopic (exact) mass is 594 g/mol. The van der Waals surface area contributed by atoms with Crippen LogP contribution in [0.5, 0.6) is 11.5 Å². The summed E-state index contributed by atoms with van der Waals surface area (Å²) in [5.74, 6) is 1.43. The Morgan fingerprint density at radius 2 is 1.82 bits per heavy atom. The van der Waals surface area contributed by atoms with Gasteiger partial charge in [0.15, 0.2) is 11.6 Å². The number of hydrogen-bond donors (Lipinski definition) is 1. The highest BCUT2D eigenvalue weighted by molar-refractivity contribution is 7.93. The van der Waals surface area contributed by atoms with Crippen molar-refractivity contribution >= 4 is 27.6 Å². The summed E-state index contributed by atoms with van der Waals surface area (Å²) in [4.78, 5) is 8.42. The Labute approximate surface area is 239 Å². The van der Waals surface area contributed by atoms with E-state index in [-0.39, 0.29) is 17.4 Å². The molecule has 40 heavy (non-hydrogen) atoms. The van der Waals surface area contributed by atoms with Crippen LogP contribution in [0.25, 0.3) is 5.69 Å². The quantitative estimate of drug-likeness (QED) is 0.315. The second kappa shape index (κ2) is 12.2. The molecule has 2 aromatic heterocycles. The molecule has 3 atom stereocenters. The SMILES string of the molecule is CCCO[C@@H](c1ncc(Cl)cn1)[C@H](C)S(=O)(=O)Nc1nnc([C@H]2CCC(C)(C)O2)n1-c1c(OC)cccc1OC. The van der Waals surface area contributed by atoms with Gasteiger partial charge in [-0.1, -0.05) is 24.6 Å². The topological polar surface area (TPSA) is 140 Å². The zero-order chi connectivity index (χ0) is 29.1. The minimum Gasteiger partial charge on any atom is -0.494 e. The fraction of sp³-hybridized carbons (Fsp3) is 0.538. The normalized spacial score (nSPS) is 18.3. The number of anilines is 1. The molecule has 1 fully saturated rings. The molecule has 1 aliphatic rings. The largest absolute Gasteiger partial charge is 0.494 e. The average molecular weight is 595 g/mol. The Balaban J connectivity index is 1.79. The molecule has 3 aromatic rings. The Bertz CT molecular complexity index is 1390. The highest BCUT2D eigenvalue weighted by Gasteiger charge is 2.39. The minimum atomic E-state index is -4.14. The third kappa shape index (κ3) is 6.32. The summed E-state index contributed by atoms with van der Waals surface area (Å²) in [6, 6.07) is 5.26. The second-order valence-electron chi connectivity index (χ2n) is 10.0. The molecule has 0 saturated carbocycles. The predicted octanol–water partition coefficient (Wildman–Crippen LogP) is 4.66. The highest BCUT2D eigenvalue weighted by atomic mass is 35.5. The standard InChI is InChI=1S/C26H35ClN6O6S/c1-7-13-38-22(23-28-14-17(27)15-29-23)16(2)40(34,35)32-25-31-30-24(20-11-12-26(3,4)39-20)33(25)21-18(36-5)9-8-10-19(21)37-6/h8-10,14-16,20,22H,7,11-13H2,1-6H3,(H,31,32)/t16-,20+,22+/m0/s1. The van der Waals surface area contributed by atoms with Gasteiger partial charge < -0.3 is 18.9 Å². The van der Waals surface area contributed by atoms with Gasteiger partial charge in [-0.15, -0.1) is 10.2 Å². The first kappa shape index (κ1) is 30.0. The number of hydrogen-bond acceptors (Lipinski definition) is 10. The van der Waals surface area contributed by atoms with Crippen molar-refractivity contribution in [2.75, 3.05) is 25.5 Å². The summed E-state index contributed by atoms with van der Waals surface area (Å²) in [5, 5.41) is 7.84. The van der Waals surface area contributed by atoms with Crippen LogP contribution in [0.1, 0.15) is 70.8 Å². The van der Waals surface area contributed by atoms with Gasteiger partial charge in [0.25, 0.3) is 0 Å². The van der Waals surface area contributed by atoms with Crippen LogP contribution in [0, 0.1) is 0 Å². The molecule has 1 saturated heterocycles. The van der Waals surface area contributed by atoms with E-state index in [0.29, 0.717) is 47.5 Å². The fourth-order valence-electron chi connectivity index (χ4n) is 4.52. The van der Waals surface area contributed by atoms with Crippen molar-refractivity contribution in [1.29, 1.82) is 0 Å². The smallest absolute Gasteiger partial charge is 0.243 e. The van der Waals surface area contributed by atoms with Crippen molar-refractivity contribution < 1.29 is 27.4 Å². The number of methoxy groups -OCH3 is 2. The molecule has 0 aliphatic carbocycles. The molecule has 0 radical (unpaired) electrons. The third-order valence-corrected chi connectivity index (χ3v) is 8.51. The Kier molecular flexibility index (Phi) is 9.18. The van der Waals surface area contributed by atoms with Crippen LogP contribution in [0.15, 0.2) is 30.6 Å². The van der Waals surface area contributed by atoms with Gasteiger partial charge in [-0.2, -0.15) is 0 Å². The molecule has 218 valence electrons. The van der Waals surface area contributed by atoms with Crippen LogP contribution in [0.2, 0.25) is 5.02 Å². The van der Waals surface area contributed by atoms with Gasteiger partial charge in [0, 0.05) is 19.0 Å². The van der Waals surface area contributed by atoms with E-state index in [1.807, 2.05) is 20.8 Å². The lowest BCUT2D eigenvalue weighted by Crippen LogP contribution is -2.34. The number of para-hydroxylation sites is 1. The molecular weight excluding hydrogens is 560 g/mol. The summed E-state index contributed by atoms with van der Waals surface area (Å²) in [6.07, 6.45) is 3.54. The third-order valence-electron chi connectivity index (χ3n) is 6.62. The Morgan fingerprint density at radius 3 is 2.38 bits per heavy atom. The van der Waals surface area contributed by atoms with Crippen LogP contribution in [-0.4, -0.2) is 64.8 Å². The van der Waals surface area contributed by atoms with E-state index in [1.54, 1.807) is 22.8 Å². The number of aromatic nitrogens is 5. The van der Waals surface area contributed by atoms with E-state index in [1.165, 1.54) is 33.5 Å². The fourth-order valence-corrected chi connectivity index (χ4v) is 5.72. The van der Waals surface area contributed by atoms with Crippen LogP contribution in [0.4, 0.5) is 5.95 Å². The zero-order valence-corrected chi connectivity index (χ0v) is 25.0. The Morgan fingerprint density at radius 1 is 1.18 bits per heavy atom. The van der Waals surface area contributed by atoms with E-state index >= 15 is 0 Å². The average Bonchev–Trinajstić information content (AvgIpc) is 3.50. The van der Waals surface area contributed by atoms with Crippen molar-refractivity contribution in [3.8, 4) is 17.2 Å². The van der Waals surface area contributed by atoms with Crippen molar-refractivity contribution in [3.63, 3.8) is 0 Å². The summed E-state index contributed by atoms with van der Waals surface area (Å²) in [7, 11) is -1.10. The second-order valence-corrected chi connectivity index (χ2v) is 12.5. The summed E-state index contributed by atoms with van der Waals surface area (Å²) >= 11 is 5.95. The maximum absolute atomic E-state index is 13.8. The van der Waals surface area contributed by atoms with Gasteiger partial charge in [-0.3, -0.25) is 9.29 Å². The molecule has 1 aliphatic heterocycles. The van der Waals surface area contributed by atoms with Gasteiger partial charge in [-0.05, 0) is 52.2 Å². The number of sulfonamides is 1. The van der Waals surface area contributed by atoms with Crippen molar-refractivity contribution in [1.82, 2.24) is 24.7 Å². The highest BCUT2D eigenvalue weighted by Crippen LogP contribution is 2.43. The van der Waals surface area contributed by atoms with Gasteiger partial charge >= 0.3 is 0 Å². The summed E-state index contributed by atoms with van der Waals surface area (Å²) in [5.41, 5.74) is 0.0640. The lowest BCUT2D eigenvalue weighted by molar-refractivity contribution is -0.0207. The maximum Gasteiger partial charge on any atom is 0.243 e. The molecule has 0 unspecified atom stereocenters. The lowest BCUT2D eigenvalue weighted by atomic mass is 10.1. The van der Waals surface area contributed by atoms with Crippen molar-refractivity contribution in [3.05, 3.63) is 47.3 Å². The van der Waals surface area contributed by atoms with Gasteiger partial charge in [0.05, 0.1) is 24.8 Å². The van der Waals surface area contributed by atoms with E-state index in [4.69, 9.17) is 30.5 Å². The number of nitrogens with one attached hydrogen (secondary N) is 1. The van der Waals surface area contributed by atoms with Crippen LogP contribution in [-0.2, 0) is 19.5 Å². The minimum absolute atomic E-state index is 0.0516. The van der Waals surface area contributed by atoms with Gasteiger partial charge in [0.2, 0.25) is 16.0 Å². The van der Waals surface area contributed by atoms with Crippen LogP contribution >= 0.6 is 11.6 Å². The first-order chi connectivity index (χ1) is 19.0. The first-order valence-electron chi connectivity index (χ1n) is 13.0. The molecule has 12 nitrogen and oxygen atoms in total. The molecule has 0 amide bonds. The number of rotatable bonds is 12. The number of halogens is 1. The molecular formula is C26H35ClN6O6S. The summed E-state index contributed by atoms with van der Waals surface area (Å²) in [6.45, 7) is 7.75.